The number of furan rings is 1. The molecule has 1 saturated heterocycles. The van der Waals surface area contributed by atoms with Crippen LogP contribution in [0, 0.1) is 10.1 Å². The summed E-state index contributed by atoms with van der Waals surface area (Å²) in [5.41, 5.74) is 2.75. The Labute approximate surface area is 167 Å². The molecule has 154 valence electrons. The SMILES string of the molecule is O=C(N/N=C/c1ccc([N+](=O)[O-])o1)c1ccc(OCCCN2CCOCC2)cc1. The molecule has 0 spiro atoms. The highest BCUT2D eigenvalue weighted by molar-refractivity contribution is 5.94. The molecule has 0 radical (unpaired) electrons. The second-order valence-corrected chi connectivity index (χ2v) is 6.31. The average Bonchev–Trinajstić information content (AvgIpc) is 3.22. The smallest absolute Gasteiger partial charge is 0.433 e. The van der Waals surface area contributed by atoms with Gasteiger partial charge in [0.05, 0.1) is 32.1 Å². The summed E-state index contributed by atoms with van der Waals surface area (Å²) < 4.78 is 15.9. The fourth-order valence-electron chi connectivity index (χ4n) is 2.73. The topological polar surface area (TPSA) is 119 Å². The first-order valence-electron chi connectivity index (χ1n) is 9.22. The number of carbonyl (C=O) groups excluding carboxylic acids is 1. The van der Waals surface area contributed by atoms with Gasteiger partial charge in [0.25, 0.3) is 5.91 Å². The predicted molar refractivity (Wildman–Crippen MR) is 104 cm³/mol. The van der Waals surface area contributed by atoms with Gasteiger partial charge in [-0.25, -0.2) is 5.43 Å². The number of nitrogens with zero attached hydrogens (tertiary/aromatic N) is 3. The molecule has 2 aromatic rings. The molecule has 2 heterocycles. The van der Waals surface area contributed by atoms with Crippen molar-refractivity contribution in [2.75, 3.05) is 39.5 Å². The predicted octanol–water partition coefficient (Wildman–Crippen LogP) is 2.05. The standard InChI is InChI=1S/C19H22N4O6/c24-19(21-20-14-17-6-7-18(29-17)23(25)26)15-2-4-16(5-3-15)28-11-1-8-22-9-12-27-13-10-22/h2-7,14H,1,8-13H2,(H,21,24)/b20-14+. The van der Waals surface area contributed by atoms with E-state index in [1.807, 2.05) is 0 Å². The van der Waals surface area contributed by atoms with Crippen molar-refractivity contribution in [3.8, 4) is 5.75 Å². The number of ether oxygens (including phenoxy) is 2. The van der Waals surface area contributed by atoms with E-state index < -0.39 is 16.7 Å². The maximum Gasteiger partial charge on any atom is 0.433 e. The third-order valence-corrected chi connectivity index (χ3v) is 4.26. The van der Waals surface area contributed by atoms with Crippen molar-refractivity contribution in [2.45, 2.75) is 6.42 Å². The molecule has 0 unspecified atom stereocenters. The third-order valence-electron chi connectivity index (χ3n) is 4.26. The van der Waals surface area contributed by atoms with E-state index in [0.717, 1.165) is 39.3 Å². The van der Waals surface area contributed by atoms with Crippen LogP contribution in [0.25, 0.3) is 0 Å². The number of nitro groups is 1. The Bertz CT molecular complexity index is 843. The second kappa shape index (κ2) is 10.3. The summed E-state index contributed by atoms with van der Waals surface area (Å²) in [4.78, 5) is 24.3. The Hall–Kier alpha value is -3.24. The van der Waals surface area contributed by atoms with E-state index in [2.05, 4.69) is 15.4 Å². The normalized spacial score (nSPS) is 14.8. The van der Waals surface area contributed by atoms with Crippen LogP contribution in [0.2, 0.25) is 0 Å². The van der Waals surface area contributed by atoms with Crippen molar-refractivity contribution in [1.82, 2.24) is 10.3 Å². The fraction of sp³-hybridized carbons (Fsp3) is 0.368. The number of morpholine rings is 1. The van der Waals surface area contributed by atoms with Crippen LogP contribution in [0.3, 0.4) is 0 Å². The summed E-state index contributed by atoms with van der Waals surface area (Å²) in [7, 11) is 0. The largest absolute Gasteiger partial charge is 0.494 e. The quantitative estimate of drug-likeness (QED) is 0.295. The molecule has 10 heteroatoms. The molecule has 29 heavy (non-hydrogen) atoms. The third kappa shape index (κ3) is 6.40. The summed E-state index contributed by atoms with van der Waals surface area (Å²) in [6, 6.07) is 9.33. The molecule has 1 amide bonds. The lowest BCUT2D eigenvalue weighted by Crippen LogP contribution is -2.37. The van der Waals surface area contributed by atoms with Gasteiger partial charge in [0, 0.05) is 25.2 Å². The van der Waals surface area contributed by atoms with Gasteiger partial charge in [-0.05, 0) is 36.8 Å². The number of amides is 1. The number of hydrogen-bond donors (Lipinski definition) is 1. The van der Waals surface area contributed by atoms with E-state index in [1.165, 1.54) is 18.3 Å². The zero-order valence-electron chi connectivity index (χ0n) is 15.8. The van der Waals surface area contributed by atoms with Gasteiger partial charge in [-0.1, -0.05) is 0 Å². The Morgan fingerprint density at radius 1 is 1.24 bits per heavy atom. The molecule has 3 rings (SSSR count). The number of carbonyl (C=O) groups is 1. The molecule has 10 nitrogen and oxygen atoms in total. The molecular weight excluding hydrogens is 380 g/mol. The molecule has 1 aromatic heterocycles. The molecular formula is C19H22N4O6. The second-order valence-electron chi connectivity index (χ2n) is 6.31. The first-order chi connectivity index (χ1) is 14.1. The molecule has 0 saturated carbocycles. The molecule has 0 aliphatic carbocycles. The van der Waals surface area contributed by atoms with Crippen LogP contribution in [0.4, 0.5) is 5.88 Å². The van der Waals surface area contributed by atoms with Crippen molar-refractivity contribution in [2.24, 2.45) is 5.10 Å². The fourth-order valence-corrected chi connectivity index (χ4v) is 2.73. The van der Waals surface area contributed by atoms with Crippen LogP contribution in [-0.2, 0) is 4.74 Å². The summed E-state index contributed by atoms with van der Waals surface area (Å²) in [5.74, 6) is 0.0484. The van der Waals surface area contributed by atoms with Crippen molar-refractivity contribution in [1.29, 1.82) is 0 Å². The van der Waals surface area contributed by atoms with Gasteiger partial charge in [0.15, 0.2) is 5.76 Å². The Morgan fingerprint density at radius 2 is 2.00 bits per heavy atom. The van der Waals surface area contributed by atoms with Crippen LogP contribution in [0.15, 0.2) is 45.9 Å². The van der Waals surface area contributed by atoms with Crippen LogP contribution in [0.1, 0.15) is 22.5 Å². The number of hydrogen-bond acceptors (Lipinski definition) is 8. The zero-order chi connectivity index (χ0) is 20.5. The number of benzene rings is 1. The van der Waals surface area contributed by atoms with Gasteiger partial charge in [0.2, 0.25) is 0 Å². The highest BCUT2D eigenvalue weighted by Crippen LogP contribution is 2.14. The lowest BCUT2D eigenvalue weighted by atomic mass is 10.2. The van der Waals surface area contributed by atoms with Crippen LogP contribution in [0.5, 0.6) is 5.75 Å². The van der Waals surface area contributed by atoms with Gasteiger partial charge < -0.3 is 13.9 Å². The zero-order valence-corrected chi connectivity index (χ0v) is 15.8. The highest BCUT2D eigenvalue weighted by atomic mass is 16.6. The molecule has 1 aliphatic heterocycles. The highest BCUT2D eigenvalue weighted by Gasteiger charge is 2.11. The van der Waals surface area contributed by atoms with Crippen molar-refractivity contribution in [3.63, 3.8) is 0 Å². The van der Waals surface area contributed by atoms with E-state index in [0.29, 0.717) is 17.9 Å². The molecule has 1 fully saturated rings. The minimum atomic E-state index is -0.651. The summed E-state index contributed by atoms with van der Waals surface area (Å²) >= 11 is 0. The summed E-state index contributed by atoms with van der Waals surface area (Å²) in [6.07, 6.45) is 2.11. The van der Waals surface area contributed by atoms with Crippen molar-refractivity contribution >= 4 is 18.0 Å². The van der Waals surface area contributed by atoms with Gasteiger partial charge >= 0.3 is 5.88 Å². The molecule has 1 aliphatic rings. The molecule has 1 aromatic carbocycles. The van der Waals surface area contributed by atoms with Crippen molar-refractivity contribution in [3.05, 3.63) is 57.8 Å². The number of rotatable bonds is 9. The first-order valence-corrected chi connectivity index (χ1v) is 9.22. The van der Waals surface area contributed by atoms with Gasteiger partial charge in [-0.3, -0.25) is 19.8 Å². The lowest BCUT2D eigenvalue weighted by Gasteiger charge is -2.26. The Balaban J connectivity index is 1.39. The Kier molecular flexibility index (Phi) is 7.31. The lowest BCUT2D eigenvalue weighted by molar-refractivity contribution is -0.402. The van der Waals surface area contributed by atoms with E-state index in [9.17, 15) is 14.9 Å². The van der Waals surface area contributed by atoms with Crippen LogP contribution in [-0.4, -0.2) is 61.4 Å². The minimum Gasteiger partial charge on any atom is -0.494 e. The summed E-state index contributed by atoms with van der Waals surface area (Å²) in [5, 5.41) is 14.3. The van der Waals surface area contributed by atoms with E-state index in [4.69, 9.17) is 13.9 Å². The monoisotopic (exact) mass is 402 g/mol. The van der Waals surface area contributed by atoms with Gasteiger partial charge in [-0.15, -0.1) is 0 Å². The maximum absolute atomic E-state index is 12.1. The van der Waals surface area contributed by atoms with E-state index >= 15 is 0 Å². The van der Waals surface area contributed by atoms with Crippen molar-refractivity contribution < 1.29 is 23.6 Å². The first kappa shape index (κ1) is 20.5. The van der Waals surface area contributed by atoms with Gasteiger partial charge in [0.1, 0.15) is 10.7 Å². The van der Waals surface area contributed by atoms with E-state index in [1.54, 1.807) is 24.3 Å². The number of hydrazone groups is 1. The maximum atomic E-state index is 12.1. The summed E-state index contributed by atoms with van der Waals surface area (Å²) in [6.45, 7) is 5.07. The molecule has 1 N–H and O–H groups in total. The van der Waals surface area contributed by atoms with Gasteiger partial charge in [-0.2, -0.15) is 5.10 Å². The van der Waals surface area contributed by atoms with Crippen LogP contribution >= 0.6 is 0 Å². The average molecular weight is 402 g/mol. The van der Waals surface area contributed by atoms with E-state index in [-0.39, 0.29) is 5.76 Å². The molecule has 0 atom stereocenters. The van der Waals surface area contributed by atoms with Crippen LogP contribution < -0.4 is 10.2 Å². The molecule has 0 bridgehead atoms. The Morgan fingerprint density at radius 3 is 2.69 bits per heavy atom. The number of nitrogens with one attached hydrogen (secondary N) is 1. The minimum absolute atomic E-state index is 0.165.